The average molecular weight is 692 g/mol. The van der Waals surface area contributed by atoms with Crippen LogP contribution in [0.2, 0.25) is 0 Å². The number of carbonyl (C=O) groups is 1. The van der Waals surface area contributed by atoms with E-state index in [1.807, 2.05) is 21.1 Å². The number of quaternary nitrogens is 1. The highest BCUT2D eigenvalue weighted by atomic mass is 31.2. The number of likely N-dealkylation sites (N-methyl/N-ethyl adjacent to an activating group) is 1. The van der Waals surface area contributed by atoms with Crippen LogP contribution in [0.15, 0.2) is 0 Å². The molecule has 8 nitrogen and oxygen atoms in total. The van der Waals surface area contributed by atoms with Crippen LogP contribution in [0.1, 0.15) is 187 Å². The number of hydrogen-bond acceptors (Lipinski definition) is 5. The zero-order chi connectivity index (χ0) is 35.1. The summed E-state index contributed by atoms with van der Waals surface area (Å²) in [7, 11) is 1.62. The molecule has 0 bridgehead atoms. The van der Waals surface area contributed by atoms with E-state index in [1.54, 1.807) is 0 Å². The van der Waals surface area contributed by atoms with Crippen LogP contribution in [-0.2, 0) is 18.4 Å². The normalized spacial score (nSPS) is 14.6. The summed E-state index contributed by atoms with van der Waals surface area (Å²) in [5, 5.41) is 13.7. The molecule has 3 unspecified atom stereocenters. The number of amides is 1. The second-order valence-corrected chi connectivity index (χ2v) is 16.5. The predicted octanol–water partition coefficient (Wildman–Crippen LogP) is 10.2. The largest absolute Gasteiger partial charge is 0.472 e. The quantitative estimate of drug-likeness (QED) is 0.0343. The fourth-order valence-corrected chi connectivity index (χ4v) is 6.60. The molecule has 0 aliphatic rings. The molecule has 47 heavy (non-hydrogen) atoms. The summed E-state index contributed by atoms with van der Waals surface area (Å²) < 4.78 is 23.4. The highest BCUT2D eigenvalue weighted by Gasteiger charge is 2.28. The van der Waals surface area contributed by atoms with E-state index in [9.17, 15) is 19.4 Å². The number of aliphatic hydroxyl groups excluding tert-OH is 1. The van der Waals surface area contributed by atoms with Gasteiger partial charge in [-0.2, -0.15) is 0 Å². The topological polar surface area (TPSA) is 105 Å². The molecule has 0 rings (SSSR count). The van der Waals surface area contributed by atoms with Crippen molar-refractivity contribution >= 4 is 13.7 Å². The highest BCUT2D eigenvalue weighted by molar-refractivity contribution is 7.47. The third-order valence-electron chi connectivity index (χ3n) is 9.11. The zero-order valence-corrected chi connectivity index (χ0v) is 32.7. The number of nitrogens with one attached hydrogen (secondary N) is 1. The van der Waals surface area contributed by atoms with Crippen LogP contribution in [0.25, 0.3) is 0 Å². The van der Waals surface area contributed by atoms with Gasteiger partial charge in [0.2, 0.25) is 5.91 Å². The highest BCUT2D eigenvalue weighted by Crippen LogP contribution is 2.43. The Morgan fingerprint density at radius 2 is 1.02 bits per heavy atom. The van der Waals surface area contributed by atoms with E-state index in [-0.39, 0.29) is 19.1 Å². The SMILES string of the molecule is CCCCCCCCCCCCCCCCCCCCCCC(=O)NC(COP(=O)(O)OCC[N+](C)(C)C)C(O)CCCCCCC. The summed E-state index contributed by atoms with van der Waals surface area (Å²) in [6, 6.07) is -0.749. The number of phosphoric ester groups is 1. The molecule has 3 N–H and O–H groups in total. The Labute approximate surface area is 291 Å². The molecule has 0 aromatic carbocycles. The first-order valence-electron chi connectivity index (χ1n) is 19.9. The van der Waals surface area contributed by atoms with Gasteiger partial charge in [0.05, 0.1) is 39.9 Å². The van der Waals surface area contributed by atoms with Crippen LogP contribution in [0.3, 0.4) is 0 Å². The van der Waals surface area contributed by atoms with E-state index in [4.69, 9.17) is 9.05 Å². The maximum absolute atomic E-state index is 12.7. The van der Waals surface area contributed by atoms with Crippen molar-refractivity contribution in [2.24, 2.45) is 0 Å². The fourth-order valence-electron chi connectivity index (χ4n) is 5.87. The van der Waals surface area contributed by atoms with Crippen molar-refractivity contribution in [1.82, 2.24) is 5.32 Å². The molecular formula is C38H80N2O6P+. The van der Waals surface area contributed by atoms with Crippen molar-refractivity contribution in [3.8, 4) is 0 Å². The van der Waals surface area contributed by atoms with Crippen molar-refractivity contribution in [3.63, 3.8) is 0 Å². The van der Waals surface area contributed by atoms with Crippen molar-refractivity contribution in [1.29, 1.82) is 0 Å². The van der Waals surface area contributed by atoms with Gasteiger partial charge >= 0.3 is 7.82 Å². The molecule has 0 radical (unpaired) electrons. The van der Waals surface area contributed by atoms with Crippen molar-refractivity contribution in [2.75, 3.05) is 40.9 Å². The van der Waals surface area contributed by atoms with Gasteiger partial charge in [-0.25, -0.2) is 4.57 Å². The van der Waals surface area contributed by atoms with Crippen LogP contribution in [0.4, 0.5) is 0 Å². The van der Waals surface area contributed by atoms with Crippen molar-refractivity contribution in [3.05, 3.63) is 0 Å². The summed E-state index contributed by atoms with van der Waals surface area (Å²) in [4.78, 5) is 22.9. The molecule has 0 aliphatic carbocycles. The Morgan fingerprint density at radius 1 is 0.638 bits per heavy atom. The number of aliphatic hydroxyl groups is 1. The lowest BCUT2D eigenvalue weighted by atomic mass is 10.0. The number of phosphoric acid groups is 1. The molecule has 0 fully saturated rings. The standard InChI is InChI=1S/C38H79N2O6P/c1-6-8-10-12-13-14-15-16-17-18-19-20-21-22-23-24-25-26-28-30-32-38(42)39-36(37(41)31-29-27-11-9-7-2)35-46-47(43,44)45-34-33-40(3,4)5/h36-37,41H,6-35H2,1-5H3,(H-,39,42,43,44)/p+1. The molecule has 0 saturated heterocycles. The molecule has 282 valence electrons. The lowest BCUT2D eigenvalue weighted by Crippen LogP contribution is -2.46. The van der Waals surface area contributed by atoms with Gasteiger partial charge in [0.25, 0.3) is 0 Å². The van der Waals surface area contributed by atoms with Crippen LogP contribution >= 0.6 is 7.82 Å². The summed E-state index contributed by atoms with van der Waals surface area (Å²) in [6.45, 7) is 4.80. The van der Waals surface area contributed by atoms with E-state index in [0.717, 1.165) is 51.4 Å². The smallest absolute Gasteiger partial charge is 0.391 e. The van der Waals surface area contributed by atoms with Gasteiger partial charge in [-0.15, -0.1) is 0 Å². The van der Waals surface area contributed by atoms with Crippen molar-refractivity contribution in [2.45, 2.75) is 199 Å². The van der Waals surface area contributed by atoms with Crippen molar-refractivity contribution < 1.29 is 32.9 Å². The molecule has 9 heteroatoms. The van der Waals surface area contributed by atoms with Gasteiger partial charge in [-0.1, -0.05) is 168 Å². The van der Waals surface area contributed by atoms with E-state index >= 15 is 0 Å². The molecule has 0 heterocycles. The molecule has 0 aromatic heterocycles. The Kier molecular flexibility index (Phi) is 31.1. The van der Waals surface area contributed by atoms with Gasteiger partial charge in [-0.3, -0.25) is 13.8 Å². The maximum Gasteiger partial charge on any atom is 0.472 e. The first-order valence-corrected chi connectivity index (χ1v) is 21.4. The molecular weight excluding hydrogens is 611 g/mol. The van der Waals surface area contributed by atoms with E-state index in [0.29, 0.717) is 23.9 Å². The van der Waals surface area contributed by atoms with Gasteiger partial charge in [0, 0.05) is 6.42 Å². The number of hydrogen-bond donors (Lipinski definition) is 3. The Balaban J connectivity index is 4.08. The first kappa shape index (κ1) is 46.5. The minimum atomic E-state index is -4.29. The Hall–Kier alpha value is -0.500. The zero-order valence-electron chi connectivity index (χ0n) is 31.8. The number of carbonyl (C=O) groups excluding carboxylic acids is 1. The minimum absolute atomic E-state index is 0.0771. The molecule has 0 saturated carbocycles. The molecule has 1 amide bonds. The van der Waals surface area contributed by atoms with Gasteiger partial charge in [0.15, 0.2) is 0 Å². The van der Waals surface area contributed by atoms with E-state index in [1.165, 1.54) is 109 Å². The second-order valence-electron chi connectivity index (χ2n) is 15.0. The Morgan fingerprint density at radius 3 is 1.43 bits per heavy atom. The number of nitrogens with zero attached hydrogens (tertiary/aromatic N) is 1. The predicted molar refractivity (Wildman–Crippen MR) is 199 cm³/mol. The third-order valence-corrected chi connectivity index (χ3v) is 10.1. The molecule has 0 spiro atoms. The lowest BCUT2D eigenvalue weighted by Gasteiger charge is -2.26. The van der Waals surface area contributed by atoms with Crippen LogP contribution in [0.5, 0.6) is 0 Å². The molecule has 0 aromatic rings. The van der Waals surface area contributed by atoms with Gasteiger partial charge in [-0.05, 0) is 12.8 Å². The third kappa shape index (κ3) is 33.8. The Bertz CT molecular complexity index is 748. The second kappa shape index (κ2) is 31.5. The summed E-state index contributed by atoms with van der Waals surface area (Å²) in [6.07, 6.45) is 31.7. The summed E-state index contributed by atoms with van der Waals surface area (Å²) in [5.74, 6) is -0.148. The number of unbranched alkanes of at least 4 members (excludes halogenated alkanes) is 23. The van der Waals surface area contributed by atoms with Crippen LogP contribution < -0.4 is 5.32 Å². The van der Waals surface area contributed by atoms with Crippen LogP contribution in [0, 0.1) is 0 Å². The average Bonchev–Trinajstić information content (AvgIpc) is 3.01. The maximum atomic E-state index is 12.7. The molecule has 0 aliphatic heterocycles. The van der Waals surface area contributed by atoms with E-state index in [2.05, 4.69) is 19.2 Å². The minimum Gasteiger partial charge on any atom is -0.391 e. The first-order chi connectivity index (χ1) is 22.5. The van der Waals surface area contributed by atoms with E-state index < -0.39 is 20.0 Å². The summed E-state index contributed by atoms with van der Waals surface area (Å²) >= 11 is 0. The fraction of sp³-hybridized carbons (Fsp3) is 0.974. The molecule has 3 atom stereocenters. The lowest BCUT2D eigenvalue weighted by molar-refractivity contribution is -0.870. The van der Waals surface area contributed by atoms with Crippen LogP contribution in [-0.4, -0.2) is 73.4 Å². The number of rotatable bonds is 36. The monoisotopic (exact) mass is 692 g/mol. The van der Waals surface area contributed by atoms with Gasteiger partial charge < -0.3 is 19.8 Å². The summed E-state index contributed by atoms with van der Waals surface area (Å²) in [5.41, 5.74) is 0. The van der Waals surface area contributed by atoms with Gasteiger partial charge in [0.1, 0.15) is 13.2 Å².